The molecule has 2 aliphatic rings. The maximum atomic E-state index is 10.9. The molecule has 0 aromatic rings. The quantitative estimate of drug-likeness (QED) is 0.686. The van der Waals surface area contributed by atoms with Gasteiger partial charge < -0.3 is 14.9 Å². The first kappa shape index (κ1) is 13.1. The molecule has 1 saturated heterocycles. The highest BCUT2D eigenvalue weighted by Gasteiger charge is 2.40. The second-order valence-corrected chi connectivity index (χ2v) is 4.80. The predicted molar refractivity (Wildman–Crippen MR) is 55.7 cm³/mol. The van der Waals surface area contributed by atoms with Crippen molar-refractivity contribution in [3.8, 4) is 0 Å². The van der Waals surface area contributed by atoms with Gasteiger partial charge in [0.15, 0.2) is 16.9 Å². The average molecular weight is 238 g/mol. The van der Waals surface area contributed by atoms with E-state index in [4.69, 9.17) is 13.7 Å². The fourth-order valence-corrected chi connectivity index (χ4v) is 2.68. The third-order valence-electron chi connectivity index (χ3n) is 2.78. The molecule has 1 heterocycles. The average Bonchev–Trinajstić information content (AvgIpc) is 2.58. The normalized spacial score (nSPS) is 27.5. The summed E-state index contributed by atoms with van der Waals surface area (Å²) in [4.78, 5) is 0. The minimum Gasteiger partial charge on any atom is -0.412 e. The third kappa shape index (κ3) is 3.22. The Morgan fingerprint density at radius 1 is 1.27 bits per heavy atom. The van der Waals surface area contributed by atoms with Gasteiger partial charge in [0.2, 0.25) is 0 Å². The molecule has 2 fully saturated rings. The Labute approximate surface area is 92.1 Å². The Hall–Kier alpha value is -0.0100. The van der Waals surface area contributed by atoms with Gasteiger partial charge in [-0.1, -0.05) is 0 Å². The maximum Gasteiger partial charge on any atom is 0.168 e. The fourth-order valence-electron chi connectivity index (χ4n) is 2.10. The molecule has 90 valence electrons. The van der Waals surface area contributed by atoms with Crippen LogP contribution in [0.15, 0.2) is 0 Å². The summed E-state index contributed by atoms with van der Waals surface area (Å²) in [7, 11) is 0. The van der Waals surface area contributed by atoms with Crippen LogP contribution in [0.5, 0.6) is 0 Å². The lowest BCUT2D eigenvalue weighted by Crippen LogP contribution is -2.37. The van der Waals surface area contributed by atoms with Crippen LogP contribution in [0, 0.1) is 0 Å². The molecular weight excluding hydrogens is 220 g/mol. The van der Waals surface area contributed by atoms with Crippen molar-refractivity contribution in [3.05, 3.63) is 0 Å². The lowest BCUT2D eigenvalue weighted by molar-refractivity contribution is -0.185. The van der Waals surface area contributed by atoms with Crippen molar-refractivity contribution >= 4 is 11.1 Å². The first-order valence-corrected chi connectivity index (χ1v) is 6.47. The van der Waals surface area contributed by atoms with Crippen molar-refractivity contribution in [2.75, 3.05) is 19.5 Å². The van der Waals surface area contributed by atoms with Gasteiger partial charge in [-0.3, -0.25) is 4.18 Å². The summed E-state index contributed by atoms with van der Waals surface area (Å²) in [5, 5.41) is 0. The Morgan fingerprint density at radius 2 is 1.80 bits per heavy atom. The molecule has 1 unspecified atom stereocenters. The van der Waals surface area contributed by atoms with Crippen LogP contribution in [0.4, 0.5) is 0 Å². The van der Waals surface area contributed by atoms with Gasteiger partial charge >= 0.3 is 0 Å². The van der Waals surface area contributed by atoms with Crippen LogP contribution in [0.1, 0.15) is 25.7 Å². The van der Waals surface area contributed by atoms with E-state index in [2.05, 4.69) is 0 Å². The first-order chi connectivity index (χ1) is 6.70. The molecule has 1 aliphatic heterocycles. The van der Waals surface area contributed by atoms with E-state index in [1.807, 2.05) is 0 Å². The minimum absolute atomic E-state index is 0. The molecule has 15 heavy (non-hydrogen) atoms. The molecule has 1 saturated carbocycles. The van der Waals surface area contributed by atoms with Gasteiger partial charge in [-0.2, -0.15) is 0 Å². The molecule has 2 N–H and O–H groups in total. The second kappa shape index (κ2) is 5.36. The lowest BCUT2D eigenvalue weighted by Gasteiger charge is -2.34. The van der Waals surface area contributed by atoms with Gasteiger partial charge in [0.1, 0.15) is 0 Å². The Kier molecular flexibility index (Phi) is 4.66. The Balaban J connectivity index is 0.00000112. The summed E-state index contributed by atoms with van der Waals surface area (Å²) >= 11 is -1.16. The van der Waals surface area contributed by atoms with Gasteiger partial charge in [0.25, 0.3) is 0 Å². The molecule has 6 heteroatoms. The lowest BCUT2D eigenvalue weighted by atomic mass is 9.92. The highest BCUT2D eigenvalue weighted by molar-refractivity contribution is 7.79. The van der Waals surface area contributed by atoms with Crippen molar-refractivity contribution in [1.82, 2.24) is 0 Å². The van der Waals surface area contributed by atoms with Crippen LogP contribution in [-0.4, -0.2) is 41.0 Å². The topological polar surface area (TPSA) is 76.3 Å². The summed E-state index contributed by atoms with van der Waals surface area (Å²) in [6.45, 7) is 1.40. The minimum atomic E-state index is -1.16. The van der Waals surface area contributed by atoms with E-state index in [0.29, 0.717) is 13.2 Å². The second-order valence-electron chi connectivity index (χ2n) is 3.80. The van der Waals surface area contributed by atoms with Crippen molar-refractivity contribution in [1.29, 1.82) is 0 Å². The van der Waals surface area contributed by atoms with E-state index >= 15 is 0 Å². The molecule has 0 radical (unpaired) electrons. The molecule has 0 aromatic heterocycles. The Bertz CT molecular complexity index is 217. The summed E-state index contributed by atoms with van der Waals surface area (Å²) < 4.78 is 27.3. The molecule has 2 rings (SSSR count). The van der Waals surface area contributed by atoms with E-state index in [-0.39, 0.29) is 17.4 Å². The Morgan fingerprint density at radius 3 is 2.27 bits per heavy atom. The maximum absolute atomic E-state index is 10.9. The van der Waals surface area contributed by atoms with Crippen molar-refractivity contribution in [3.63, 3.8) is 0 Å². The van der Waals surface area contributed by atoms with Gasteiger partial charge in [-0.05, 0) is 12.8 Å². The van der Waals surface area contributed by atoms with E-state index in [0.717, 1.165) is 25.7 Å². The highest BCUT2D eigenvalue weighted by atomic mass is 32.2. The van der Waals surface area contributed by atoms with Gasteiger partial charge in [-0.15, -0.1) is 0 Å². The number of hydrogen-bond acceptors (Lipinski definition) is 4. The molecule has 0 bridgehead atoms. The summed E-state index contributed by atoms with van der Waals surface area (Å²) in [5.74, 6) is -0.338. The zero-order chi connectivity index (χ0) is 10.0. The number of ether oxygens (including phenoxy) is 2. The van der Waals surface area contributed by atoms with Crippen molar-refractivity contribution in [2.24, 2.45) is 0 Å². The number of rotatable bonds is 2. The molecule has 1 aliphatic carbocycles. The first-order valence-electron chi connectivity index (χ1n) is 4.99. The standard InChI is InChI=1S/C9H16O4S.H2O/c1-14(10)13-8-2-4-9(5-3-8)11-6-7-12-9;/h8H,2-7H2,1H3;1H2. The van der Waals surface area contributed by atoms with E-state index < -0.39 is 11.1 Å². The largest absolute Gasteiger partial charge is 0.412 e. The summed E-state index contributed by atoms with van der Waals surface area (Å²) in [5.41, 5.74) is 0. The van der Waals surface area contributed by atoms with Crippen molar-refractivity contribution < 1.29 is 23.3 Å². The smallest absolute Gasteiger partial charge is 0.168 e. The third-order valence-corrected chi connectivity index (χ3v) is 3.32. The van der Waals surface area contributed by atoms with Crippen LogP contribution in [0.2, 0.25) is 0 Å². The molecule has 1 atom stereocenters. The monoisotopic (exact) mass is 238 g/mol. The van der Waals surface area contributed by atoms with Crippen LogP contribution in [0.25, 0.3) is 0 Å². The summed E-state index contributed by atoms with van der Waals surface area (Å²) in [6.07, 6.45) is 5.13. The fraction of sp³-hybridized carbons (Fsp3) is 1.00. The molecular formula is C9H18O5S. The van der Waals surface area contributed by atoms with Crippen LogP contribution in [-0.2, 0) is 24.7 Å². The van der Waals surface area contributed by atoms with Gasteiger partial charge in [0.05, 0.1) is 19.3 Å². The molecule has 5 nitrogen and oxygen atoms in total. The van der Waals surface area contributed by atoms with E-state index in [9.17, 15) is 4.21 Å². The zero-order valence-corrected chi connectivity index (χ0v) is 9.68. The van der Waals surface area contributed by atoms with E-state index in [1.54, 1.807) is 6.26 Å². The van der Waals surface area contributed by atoms with Gasteiger partial charge in [-0.25, -0.2) is 4.21 Å². The highest BCUT2D eigenvalue weighted by Crippen LogP contribution is 2.36. The number of hydrogen-bond donors (Lipinski definition) is 0. The van der Waals surface area contributed by atoms with E-state index in [1.165, 1.54) is 0 Å². The van der Waals surface area contributed by atoms with Crippen LogP contribution >= 0.6 is 0 Å². The zero-order valence-electron chi connectivity index (χ0n) is 8.86. The van der Waals surface area contributed by atoms with Gasteiger partial charge in [0, 0.05) is 19.1 Å². The van der Waals surface area contributed by atoms with Crippen molar-refractivity contribution in [2.45, 2.75) is 37.6 Å². The SMILES string of the molecule is CS(=O)OC1CCC2(CC1)OCCO2.O. The molecule has 1 spiro atoms. The molecule has 0 aromatic carbocycles. The summed E-state index contributed by atoms with van der Waals surface area (Å²) in [6, 6.07) is 0. The predicted octanol–water partition coefficient (Wildman–Crippen LogP) is 0.157. The van der Waals surface area contributed by atoms with Crippen LogP contribution < -0.4 is 0 Å². The molecule has 0 amide bonds. The van der Waals surface area contributed by atoms with Crippen LogP contribution in [0.3, 0.4) is 0 Å².